The molecule has 28 heavy (non-hydrogen) atoms. The molecule has 0 saturated carbocycles. The standard InChI is InChI=1S/C21H25BrN2O3S/c1-4-24(5-2)28(26,27)20-13-8-17(9-14-20)10-15-21(25)23(3)16-18-6-11-19(22)12-7-18/h6-15H,4-5,16H2,1-3H3/b15-10+. The van der Waals surface area contributed by atoms with E-state index >= 15 is 0 Å². The number of rotatable bonds is 8. The summed E-state index contributed by atoms with van der Waals surface area (Å²) in [4.78, 5) is 14.2. The van der Waals surface area contributed by atoms with E-state index in [1.807, 2.05) is 38.1 Å². The van der Waals surface area contributed by atoms with Gasteiger partial charge >= 0.3 is 0 Å². The Labute approximate surface area is 175 Å². The molecule has 2 aromatic carbocycles. The number of carbonyl (C=O) groups excluding carboxylic acids is 1. The van der Waals surface area contributed by atoms with Crippen molar-refractivity contribution in [3.8, 4) is 0 Å². The van der Waals surface area contributed by atoms with Crippen LogP contribution in [0.5, 0.6) is 0 Å². The highest BCUT2D eigenvalue weighted by Crippen LogP contribution is 2.17. The Hall–Kier alpha value is -1.96. The van der Waals surface area contributed by atoms with Crippen LogP contribution in [0.15, 0.2) is 64.0 Å². The van der Waals surface area contributed by atoms with Gasteiger partial charge in [0.15, 0.2) is 0 Å². The molecule has 2 rings (SSSR count). The van der Waals surface area contributed by atoms with E-state index < -0.39 is 10.0 Å². The molecular weight excluding hydrogens is 440 g/mol. The molecule has 0 aliphatic heterocycles. The molecule has 0 unspecified atom stereocenters. The van der Waals surface area contributed by atoms with E-state index in [1.54, 1.807) is 42.3 Å². The quantitative estimate of drug-likeness (QED) is 0.551. The van der Waals surface area contributed by atoms with Crippen LogP contribution in [-0.2, 0) is 21.4 Å². The van der Waals surface area contributed by atoms with Crippen molar-refractivity contribution in [3.05, 3.63) is 70.2 Å². The number of amides is 1. The number of halogens is 1. The molecule has 0 spiro atoms. The second kappa shape index (κ2) is 10.0. The molecular formula is C21H25BrN2O3S. The summed E-state index contributed by atoms with van der Waals surface area (Å²) in [6.07, 6.45) is 3.18. The van der Waals surface area contributed by atoms with Crippen molar-refractivity contribution in [2.45, 2.75) is 25.3 Å². The summed E-state index contributed by atoms with van der Waals surface area (Å²) in [5.74, 6) is -0.122. The van der Waals surface area contributed by atoms with Gasteiger partial charge < -0.3 is 4.90 Å². The lowest BCUT2D eigenvalue weighted by Crippen LogP contribution is -2.30. The normalized spacial score (nSPS) is 11.9. The second-order valence-corrected chi connectivity index (χ2v) is 9.17. The first-order valence-electron chi connectivity index (χ1n) is 9.05. The average Bonchev–Trinajstić information content (AvgIpc) is 2.69. The van der Waals surface area contributed by atoms with Crippen LogP contribution in [0, 0.1) is 0 Å². The molecule has 1 amide bonds. The lowest BCUT2D eigenvalue weighted by atomic mass is 10.2. The Morgan fingerprint density at radius 3 is 2.11 bits per heavy atom. The van der Waals surface area contributed by atoms with Gasteiger partial charge in [0.2, 0.25) is 15.9 Å². The Balaban J connectivity index is 2.03. The van der Waals surface area contributed by atoms with Gasteiger partial charge in [0.05, 0.1) is 4.90 Å². The van der Waals surface area contributed by atoms with Gasteiger partial charge in [-0.15, -0.1) is 0 Å². The van der Waals surface area contributed by atoms with Crippen LogP contribution < -0.4 is 0 Å². The minimum absolute atomic E-state index is 0.122. The SMILES string of the molecule is CCN(CC)S(=O)(=O)c1ccc(/C=C/C(=O)N(C)Cc2ccc(Br)cc2)cc1. The molecule has 0 aromatic heterocycles. The summed E-state index contributed by atoms with van der Waals surface area (Å²) in [6, 6.07) is 14.4. The van der Waals surface area contributed by atoms with Crippen molar-refractivity contribution in [2.75, 3.05) is 20.1 Å². The van der Waals surface area contributed by atoms with E-state index in [0.717, 1.165) is 15.6 Å². The lowest BCUT2D eigenvalue weighted by molar-refractivity contribution is -0.125. The van der Waals surface area contributed by atoms with Crippen molar-refractivity contribution in [1.29, 1.82) is 0 Å². The molecule has 2 aromatic rings. The number of carbonyl (C=O) groups is 1. The maximum absolute atomic E-state index is 12.5. The van der Waals surface area contributed by atoms with Crippen LogP contribution >= 0.6 is 15.9 Å². The third-order valence-corrected chi connectivity index (χ3v) is 6.94. The lowest BCUT2D eigenvalue weighted by Gasteiger charge is -2.18. The first kappa shape index (κ1) is 22.3. The first-order chi connectivity index (χ1) is 13.3. The zero-order valence-electron chi connectivity index (χ0n) is 16.3. The summed E-state index contributed by atoms with van der Waals surface area (Å²) < 4.78 is 27.4. The molecule has 0 aliphatic carbocycles. The Morgan fingerprint density at radius 2 is 1.57 bits per heavy atom. The van der Waals surface area contributed by atoms with Gasteiger partial charge in [0.1, 0.15) is 0 Å². The second-order valence-electron chi connectivity index (χ2n) is 6.31. The number of benzene rings is 2. The average molecular weight is 465 g/mol. The molecule has 0 heterocycles. The number of hydrogen-bond donors (Lipinski definition) is 0. The summed E-state index contributed by atoms with van der Waals surface area (Å²) in [6.45, 7) is 5.00. The van der Waals surface area contributed by atoms with Crippen LogP contribution in [0.4, 0.5) is 0 Å². The molecule has 7 heteroatoms. The Kier molecular flexibility index (Phi) is 7.98. The molecule has 0 radical (unpaired) electrons. The van der Waals surface area contributed by atoms with E-state index in [4.69, 9.17) is 0 Å². The molecule has 0 aliphatic rings. The van der Waals surface area contributed by atoms with Gasteiger partial charge in [0, 0.05) is 37.2 Å². The van der Waals surface area contributed by atoms with Gasteiger partial charge in [-0.25, -0.2) is 8.42 Å². The number of sulfonamides is 1. The first-order valence-corrected chi connectivity index (χ1v) is 11.3. The van der Waals surface area contributed by atoms with Crippen LogP contribution in [0.1, 0.15) is 25.0 Å². The predicted molar refractivity (Wildman–Crippen MR) is 116 cm³/mol. The van der Waals surface area contributed by atoms with Crippen LogP contribution in [0.2, 0.25) is 0 Å². The van der Waals surface area contributed by atoms with E-state index in [1.165, 1.54) is 10.4 Å². The van der Waals surface area contributed by atoms with E-state index in [9.17, 15) is 13.2 Å². The van der Waals surface area contributed by atoms with Gasteiger partial charge in [-0.05, 0) is 41.5 Å². The Bertz CT molecular complexity index is 919. The fraction of sp³-hybridized carbons (Fsp3) is 0.286. The monoisotopic (exact) mass is 464 g/mol. The Morgan fingerprint density at radius 1 is 1.00 bits per heavy atom. The zero-order valence-corrected chi connectivity index (χ0v) is 18.7. The van der Waals surface area contributed by atoms with Crippen LogP contribution in [-0.4, -0.2) is 43.7 Å². The fourth-order valence-corrected chi connectivity index (χ4v) is 4.42. The summed E-state index contributed by atoms with van der Waals surface area (Å²) in [7, 11) is -1.73. The summed E-state index contributed by atoms with van der Waals surface area (Å²) in [5, 5.41) is 0. The highest BCUT2D eigenvalue weighted by atomic mass is 79.9. The summed E-state index contributed by atoms with van der Waals surface area (Å²) in [5.41, 5.74) is 1.81. The molecule has 5 nitrogen and oxygen atoms in total. The third kappa shape index (κ3) is 5.77. The summed E-state index contributed by atoms with van der Waals surface area (Å²) >= 11 is 3.39. The van der Waals surface area contributed by atoms with Crippen molar-refractivity contribution in [3.63, 3.8) is 0 Å². The van der Waals surface area contributed by atoms with Gasteiger partial charge in [0.25, 0.3) is 0 Å². The minimum Gasteiger partial charge on any atom is -0.338 e. The number of hydrogen-bond acceptors (Lipinski definition) is 3. The van der Waals surface area contributed by atoms with Gasteiger partial charge in [-0.3, -0.25) is 4.79 Å². The van der Waals surface area contributed by atoms with Gasteiger partial charge in [-0.1, -0.05) is 54.0 Å². The minimum atomic E-state index is -3.47. The van der Waals surface area contributed by atoms with E-state index in [2.05, 4.69) is 15.9 Å². The maximum Gasteiger partial charge on any atom is 0.246 e. The highest BCUT2D eigenvalue weighted by molar-refractivity contribution is 9.10. The number of nitrogens with zero attached hydrogens (tertiary/aromatic N) is 2. The predicted octanol–water partition coefficient (Wildman–Crippen LogP) is 4.15. The highest BCUT2D eigenvalue weighted by Gasteiger charge is 2.20. The van der Waals surface area contributed by atoms with Crippen molar-refractivity contribution < 1.29 is 13.2 Å². The van der Waals surface area contributed by atoms with E-state index in [-0.39, 0.29) is 10.8 Å². The fourth-order valence-electron chi connectivity index (χ4n) is 2.70. The van der Waals surface area contributed by atoms with Crippen molar-refractivity contribution in [2.24, 2.45) is 0 Å². The smallest absolute Gasteiger partial charge is 0.246 e. The molecule has 0 fully saturated rings. The van der Waals surface area contributed by atoms with Gasteiger partial charge in [-0.2, -0.15) is 4.31 Å². The molecule has 0 N–H and O–H groups in total. The topological polar surface area (TPSA) is 57.7 Å². The molecule has 0 bridgehead atoms. The van der Waals surface area contributed by atoms with Crippen molar-refractivity contribution in [1.82, 2.24) is 9.21 Å². The largest absolute Gasteiger partial charge is 0.338 e. The molecule has 0 saturated heterocycles. The van der Waals surface area contributed by atoms with E-state index in [0.29, 0.717) is 19.6 Å². The maximum atomic E-state index is 12.5. The van der Waals surface area contributed by atoms with Crippen LogP contribution in [0.25, 0.3) is 6.08 Å². The zero-order chi connectivity index (χ0) is 20.7. The van der Waals surface area contributed by atoms with Crippen LogP contribution in [0.3, 0.4) is 0 Å². The van der Waals surface area contributed by atoms with Crippen molar-refractivity contribution >= 4 is 37.9 Å². The third-order valence-electron chi connectivity index (χ3n) is 4.35. The molecule has 0 atom stereocenters. The molecule has 150 valence electrons. The number of likely N-dealkylation sites (N-methyl/N-ethyl adjacent to an activating group) is 1.